The molecule has 1 fully saturated rings. The Labute approximate surface area is 158 Å². The maximum absolute atomic E-state index is 12.5. The van der Waals surface area contributed by atoms with E-state index in [2.05, 4.69) is 4.72 Å². The number of non-ortho nitro benzene ring substituents is 1. The molecule has 0 bridgehead atoms. The van der Waals surface area contributed by atoms with Gasteiger partial charge in [0.05, 0.1) is 16.9 Å². The number of sulfonamides is 1. The Balaban J connectivity index is 2.04. The van der Waals surface area contributed by atoms with Gasteiger partial charge in [0.2, 0.25) is 10.0 Å². The van der Waals surface area contributed by atoms with Gasteiger partial charge in [-0.3, -0.25) is 14.9 Å². The van der Waals surface area contributed by atoms with Crippen molar-refractivity contribution in [3.05, 3.63) is 34.4 Å². The van der Waals surface area contributed by atoms with Crippen LogP contribution >= 0.6 is 0 Å². The van der Waals surface area contributed by atoms with Crippen LogP contribution < -0.4 is 10.5 Å². The summed E-state index contributed by atoms with van der Waals surface area (Å²) in [4.78, 5) is 21.9. The summed E-state index contributed by atoms with van der Waals surface area (Å²) in [7, 11) is -2.84. The minimum Gasteiger partial charge on any atom is -0.468 e. The molecule has 3 N–H and O–H groups in total. The summed E-state index contributed by atoms with van der Waals surface area (Å²) >= 11 is 0. The number of methoxy groups -OCH3 is 1. The van der Waals surface area contributed by atoms with Gasteiger partial charge in [-0.2, -0.15) is 4.72 Å². The first-order valence-electron chi connectivity index (χ1n) is 8.80. The van der Waals surface area contributed by atoms with Gasteiger partial charge in [-0.25, -0.2) is 8.42 Å². The number of carbonyl (C=O) groups excluding carboxylic acids is 1. The summed E-state index contributed by atoms with van der Waals surface area (Å²) < 4.78 is 32.1. The third-order valence-electron chi connectivity index (χ3n) is 4.91. The number of nitrogens with one attached hydrogen (secondary N) is 1. The minimum absolute atomic E-state index is 0.159. The molecule has 0 heterocycles. The fourth-order valence-corrected chi connectivity index (χ4v) is 4.58. The standard InChI is InChI=1S/C17H25N3O6S/c1-26-16(21)15(5-4-12-17(18)10-2-3-11-17)19-27(24,25)14-8-6-13(7-9-14)20(22)23/h6-9,15,19H,2-5,10-12,18H2,1H3/t15-/m0/s1. The molecule has 1 aliphatic rings. The number of benzene rings is 1. The first kappa shape index (κ1) is 21.3. The summed E-state index contributed by atoms with van der Waals surface area (Å²) in [6.45, 7) is 0. The van der Waals surface area contributed by atoms with Crippen molar-refractivity contribution in [3.63, 3.8) is 0 Å². The van der Waals surface area contributed by atoms with E-state index in [1.54, 1.807) is 0 Å². The van der Waals surface area contributed by atoms with Crippen molar-refractivity contribution in [1.82, 2.24) is 4.72 Å². The van der Waals surface area contributed by atoms with E-state index < -0.39 is 27.0 Å². The van der Waals surface area contributed by atoms with Gasteiger partial charge >= 0.3 is 5.97 Å². The summed E-state index contributed by atoms with van der Waals surface area (Å²) in [6.07, 6.45) is 5.60. The molecule has 0 amide bonds. The van der Waals surface area contributed by atoms with E-state index in [-0.39, 0.29) is 22.5 Å². The minimum atomic E-state index is -4.03. The van der Waals surface area contributed by atoms with Gasteiger partial charge in [0.25, 0.3) is 5.69 Å². The zero-order valence-corrected chi connectivity index (χ0v) is 16.0. The topological polar surface area (TPSA) is 142 Å². The number of esters is 1. The Bertz CT molecular complexity index is 772. The lowest BCUT2D eigenvalue weighted by molar-refractivity contribution is -0.384. The number of nitro benzene ring substituents is 1. The highest BCUT2D eigenvalue weighted by atomic mass is 32.2. The summed E-state index contributed by atoms with van der Waals surface area (Å²) in [6, 6.07) is 3.41. The van der Waals surface area contributed by atoms with E-state index in [4.69, 9.17) is 10.5 Å². The molecular formula is C17H25N3O6S. The first-order chi connectivity index (χ1) is 12.7. The van der Waals surface area contributed by atoms with Crippen molar-refractivity contribution in [3.8, 4) is 0 Å². The smallest absolute Gasteiger partial charge is 0.323 e. The second kappa shape index (κ2) is 8.77. The van der Waals surface area contributed by atoms with Crippen molar-refractivity contribution in [2.45, 2.75) is 61.4 Å². The summed E-state index contributed by atoms with van der Waals surface area (Å²) in [5, 5.41) is 10.7. The molecule has 9 nitrogen and oxygen atoms in total. The zero-order valence-electron chi connectivity index (χ0n) is 15.2. The molecule has 1 aromatic carbocycles. The van der Waals surface area contributed by atoms with Crippen LogP contribution in [0.3, 0.4) is 0 Å². The average molecular weight is 399 g/mol. The Morgan fingerprint density at radius 3 is 2.44 bits per heavy atom. The number of nitrogens with two attached hydrogens (primary N) is 1. The molecule has 0 saturated heterocycles. The summed E-state index contributed by atoms with van der Waals surface area (Å²) in [5.74, 6) is -0.682. The first-order valence-corrected chi connectivity index (χ1v) is 10.3. The average Bonchev–Trinajstić information content (AvgIpc) is 3.06. The van der Waals surface area contributed by atoms with E-state index in [9.17, 15) is 23.3 Å². The van der Waals surface area contributed by atoms with Crippen molar-refractivity contribution < 1.29 is 22.9 Å². The molecule has 1 saturated carbocycles. The number of hydrogen-bond acceptors (Lipinski definition) is 7. The van der Waals surface area contributed by atoms with Crippen molar-refractivity contribution in [2.24, 2.45) is 5.73 Å². The van der Waals surface area contributed by atoms with Crippen molar-refractivity contribution in [1.29, 1.82) is 0 Å². The monoisotopic (exact) mass is 399 g/mol. The molecule has 0 unspecified atom stereocenters. The zero-order chi connectivity index (χ0) is 20.1. The highest BCUT2D eigenvalue weighted by Crippen LogP contribution is 2.31. The van der Waals surface area contributed by atoms with Gasteiger partial charge in [0, 0.05) is 17.7 Å². The Morgan fingerprint density at radius 1 is 1.33 bits per heavy atom. The van der Waals surface area contributed by atoms with Crippen LogP contribution in [0.5, 0.6) is 0 Å². The SMILES string of the molecule is COC(=O)[C@H](CCCC1(N)CCCC1)NS(=O)(=O)c1ccc([N+](=O)[O-])cc1. The van der Waals surface area contributed by atoms with Crippen LogP contribution in [-0.2, 0) is 19.6 Å². The molecule has 150 valence electrons. The lowest BCUT2D eigenvalue weighted by Gasteiger charge is -2.24. The van der Waals surface area contributed by atoms with Crippen LogP contribution in [0.15, 0.2) is 29.2 Å². The van der Waals surface area contributed by atoms with Crippen LogP contribution in [0, 0.1) is 10.1 Å². The number of rotatable bonds is 9. The van der Waals surface area contributed by atoms with Crippen LogP contribution in [-0.4, -0.2) is 38.0 Å². The van der Waals surface area contributed by atoms with Gasteiger partial charge in [-0.05, 0) is 44.2 Å². The predicted octanol–water partition coefficient (Wildman–Crippen LogP) is 1.86. The van der Waals surface area contributed by atoms with Crippen LogP contribution in [0.25, 0.3) is 0 Å². The highest BCUT2D eigenvalue weighted by Gasteiger charge is 2.31. The molecule has 2 rings (SSSR count). The molecule has 0 radical (unpaired) electrons. The molecular weight excluding hydrogens is 374 g/mol. The van der Waals surface area contributed by atoms with E-state index in [0.717, 1.165) is 49.9 Å². The van der Waals surface area contributed by atoms with Gasteiger partial charge < -0.3 is 10.5 Å². The third kappa shape index (κ3) is 5.72. The Morgan fingerprint density at radius 2 is 1.93 bits per heavy atom. The summed E-state index contributed by atoms with van der Waals surface area (Å²) in [5.41, 5.74) is 5.84. The molecule has 0 aromatic heterocycles. The molecule has 0 spiro atoms. The number of nitrogens with zero attached hydrogens (tertiary/aromatic N) is 1. The fourth-order valence-electron chi connectivity index (χ4n) is 3.36. The molecule has 27 heavy (non-hydrogen) atoms. The van der Waals surface area contributed by atoms with Crippen molar-refractivity contribution >= 4 is 21.7 Å². The van der Waals surface area contributed by atoms with Gasteiger partial charge in [0.15, 0.2) is 0 Å². The largest absolute Gasteiger partial charge is 0.468 e. The highest BCUT2D eigenvalue weighted by molar-refractivity contribution is 7.89. The fraction of sp³-hybridized carbons (Fsp3) is 0.588. The molecule has 10 heteroatoms. The number of hydrogen-bond donors (Lipinski definition) is 2. The van der Waals surface area contributed by atoms with Crippen LogP contribution in [0.4, 0.5) is 5.69 Å². The number of ether oxygens (including phenoxy) is 1. The Kier molecular flexibility index (Phi) is 6.90. The van der Waals surface area contributed by atoms with Crippen LogP contribution in [0.2, 0.25) is 0 Å². The number of nitro groups is 1. The predicted molar refractivity (Wildman–Crippen MR) is 98.5 cm³/mol. The maximum atomic E-state index is 12.5. The normalized spacial score (nSPS) is 17.4. The van der Waals surface area contributed by atoms with Gasteiger partial charge in [-0.1, -0.05) is 12.8 Å². The van der Waals surface area contributed by atoms with Crippen LogP contribution in [0.1, 0.15) is 44.9 Å². The number of carbonyl (C=O) groups is 1. The second-order valence-corrected chi connectivity index (χ2v) is 8.62. The maximum Gasteiger partial charge on any atom is 0.323 e. The lowest BCUT2D eigenvalue weighted by Crippen LogP contribution is -2.42. The quantitative estimate of drug-likeness (QED) is 0.366. The van der Waals surface area contributed by atoms with E-state index in [1.165, 1.54) is 7.11 Å². The lowest BCUT2D eigenvalue weighted by atomic mass is 9.91. The molecule has 1 aliphatic carbocycles. The molecule has 1 atom stereocenters. The van der Waals surface area contributed by atoms with E-state index in [1.807, 2.05) is 0 Å². The van der Waals surface area contributed by atoms with Gasteiger partial charge in [0.1, 0.15) is 6.04 Å². The molecule has 1 aromatic rings. The second-order valence-electron chi connectivity index (χ2n) is 6.91. The van der Waals surface area contributed by atoms with E-state index >= 15 is 0 Å². The molecule has 0 aliphatic heterocycles. The van der Waals surface area contributed by atoms with E-state index in [0.29, 0.717) is 12.8 Å². The van der Waals surface area contributed by atoms with Crippen molar-refractivity contribution in [2.75, 3.05) is 7.11 Å². The third-order valence-corrected chi connectivity index (χ3v) is 6.40. The van der Waals surface area contributed by atoms with Gasteiger partial charge in [-0.15, -0.1) is 0 Å². The Hall–Kier alpha value is -2.04.